The van der Waals surface area contributed by atoms with Gasteiger partial charge in [-0.1, -0.05) is 113 Å². The monoisotopic (exact) mass is 639 g/mol. The van der Waals surface area contributed by atoms with E-state index < -0.39 is 15.8 Å². The number of aryl methyl sites for hydroxylation is 3. The van der Waals surface area contributed by atoms with Gasteiger partial charge in [0.1, 0.15) is 0 Å². The molecular formula is C40H55N3P2. The number of benzene rings is 1. The first-order valence-corrected chi connectivity index (χ1v) is 18.9. The molecule has 0 N–H and O–H groups in total. The van der Waals surface area contributed by atoms with Crippen molar-refractivity contribution in [3.05, 3.63) is 77.4 Å². The van der Waals surface area contributed by atoms with Crippen LogP contribution in [-0.2, 0) is 0 Å². The molecule has 3 heterocycles. The molecule has 0 aliphatic heterocycles. The average Bonchev–Trinajstić information content (AvgIpc) is 2.85. The van der Waals surface area contributed by atoms with Crippen LogP contribution in [-0.4, -0.2) is 35.6 Å². The van der Waals surface area contributed by atoms with E-state index in [9.17, 15) is 0 Å². The number of aromatic nitrogens is 3. The Morgan fingerprint density at radius 1 is 0.444 bits per heavy atom. The number of nitrogens with zero attached hydrogens (tertiary/aromatic N) is 3. The van der Waals surface area contributed by atoms with Crippen LogP contribution in [0.4, 0.5) is 0 Å². The molecule has 0 spiro atoms. The third kappa shape index (κ3) is 8.10. The van der Waals surface area contributed by atoms with Gasteiger partial charge in [0.25, 0.3) is 0 Å². The Morgan fingerprint density at radius 3 is 1.13 bits per heavy atom. The Hall–Kier alpha value is -2.47. The molecule has 45 heavy (non-hydrogen) atoms. The lowest BCUT2D eigenvalue weighted by Crippen LogP contribution is -2.32. The van der Waals surface area contributed by atoms with E-state index in [0.717, 1.165) is 28.3 Å². The van der Waals surface area contributed by atoms with Gasteiger partial charge >= 0.3 is 0 Å². The van der Waals surface area contributed by atoms with Gasteiger partial charge in [-0.3, -0.25) is 0 Å². The van der Waals surface area contributed by atoms with Crippen molar-refractivity contribution in [1.82, 2.24) is 15.0 Å². The molecule has 0 bridgehead atoms. The van der Waals surface area contributed by atoms with E-state index in [2.05, 4.69) is 165 Å². The van der Waals surface area contributed by atoms with Crippen molar-refractivity contribution < 1.29 is 0 Å². The SMILES string of the molecule is Cc1cc(C)c(-c2cc(-c3cccc(P(C(C)(C)C)C(C)(C)C)n3)nc(-c3cccc(P(C(C)(C)C)C(C)(C)C)n3)c2)c(C)c1. The highest BCUT2D eigenvalue weighted by atomic mass is 31.1. The van der Waals surface area contributed by atoms with Crippen molar-refractivity contribution in [2.75, 3.05) is 0 Å². The molecule has 4 aromatic rings. The number of hydrogen-bond acceptors (Lipinski definition) is 3. The van der Waals surface area contributed by atoms with Gasteiger partial charge in [0.15, 0.2) is 0 Å². The first-order valence-electron chi connectivity index (χ1n) is 16.2. The summed E-state index contributed by atoms with van der Waals surface area (Å²) in [4.78, 5) is 16.0. The van der Waals surface area contributed by atoms with Gasteiger partial charge in [0, 0.05) is 0 Å². The maximum Gasteiger partial charge on any atom is 0.0900 e. The molecule has 3 aromatic heterocycles. The van der Waals surface area contributed by atoms with Crippen molar-refractivity contribution in [1.29, 1.82) is 0 Å². The van der Waals surface area contributed by atoms with Gasteiger partial charge in [-0.15, -0.1) is 0 Å². The van der Waals surface area contributed by atoms with Crippen LogP contribution in [0.2, 0.25) is 0 Å². The molecule has 0 atom stereocenters. The molecule has 0 amide bonds. The highest BCUT2D eigenvalue weighted by molar-refractivity contribution is 7.68. The van der Waals surface area contributed by atoms with Crippen LogP contribution in [0.5, 0.6) is 0 Å². The first kappa shape index (κ1) is 35.4. The minimum absolute atomic E-state index is 0.124. The largest absolute Gasteiger partial charge is 0.246 e. The Morgan fingerprint density at radius 2 is 0.800 bits per heavy atom. The van der Waals surface area contributed by atoms with Crippen LogP contribution in [0.15, 0.2) is 60.7 Å². The van der Waals surface area contributed by atoms with Crippen LogP contribution >= 0.6 is 15.8 Å². The summed E-state index contributed by atoms with van der Waals surface area (Å²) in [5, 5.41) is 0.494. The summed E-state index contributed by atoms with van der Waals surface area (Å²) in [6, 6.07) is 22.0. The standard InChI is InChI=1S/C40H55N3P2/c1-26-22-27(2)36(28(3)23-26)29-24-32(30-18-16-20-34(42-30)44(37(4,5)6)38(7,8)9)41-33(25-29)31-19-17-21-35(43-31)45(39(10,11)12)40(13,14)15/h16-25H,1-15H3. The Bertz CT molecular complexity index is 1530. The lowest BCUT2D eigenvalue weighted by atomic mass is 9.93. The Labute approximate surface area is 276 Å². The second kappa shape index (κ2) is 12.6. The van der Waals surface area contributed by atoms with E-state index in [0.29, 0.717) is 0 Å². The van der Waals surface area contributed by atoms with E-state index >= 15 is 0 Å². The summed E-state index contributed by atoms with van der Waals surface area (Å²) in [5.74, 6) is 0. The maximum atomic E-state index is 5.36. The van der Waals surface area contributed by atoms with Gasteiger partial charge < -0.3 is 0 Å². The molecule has 1 aromatic carbocycles. The summed E-state index contributed by atoms with van der Waals surface area (Å²) in [6.07, 6.45) is 0. The third-order valence-corrected chi connectivity index (χ3v) is 14.7. The van der Waals surface area contributed by atoms with Crippen LogP contribution in [0.3, 0.4) is 0 Å². The molecule has 240 valence electrons. The number of hydrogen-bond donors (Lipinski definition) is 0. The fraction of sp³-hybridized carbons (Fsp3) is 0.475. The van der Waals surface area contributed by atoms with Gasteiger partial charge in [-0.2, -0.15) is 0 Å². The molecular weight excluding hydrogens is 584 g/mol. The Kier molecular flexibility index (Phi) is 9.92. The minimum atomic E-state index is -0.545. The summed E-state index contributed by atoms with van der Waals surface area (Å²) in [5.41, 5.74) is 12.2. The van der Waals surface area contributed by atoms with E-state index in [4.69, 9.17) is 15.0 Å². The lowest BCUT2D eigenvalue weighted by molar-refractivity contribution is 0.713. The van der Waals surface area contributed by atoms with Crippen molar-refractivity contribution >= 4 is 26.7 Å². The zero-order chi connectivity index (χ0) is 33.7. The summed E-state index contributed by atoms with van der Waals surface area (Å²) in [6.45, 7) is 34.8. The zero-order valence-electron chi connectivity index (χ0n) is 30.5. The molecule has 0 saturated heterocycles. The molecule has 0 fully saturated rings. The first-order chi connectivity index (χ1) is 20.6. The van der Waals surface area contributed by atoms with E-state index in [1.54, 1.807) is 0 Å². The van der Waals surface area contributed by atoms with E-state index in [1.807, 2.05) is 0 Å². The fourth-order valence-electron chi connectivity index (χ4n) is 7.34. The zero-order valence-corrected chi connectivity index (χ0v) is 32.3. The predicted molar refractivity (Wildman–Crippen MR) is 202 cm³/mol. The quantitative estimate of drug-likeness (QED) is 0.204. The van der Waals surface area contributed by atoms with Crippen LogP contribution in [0.1, 0.15) is 99.8 Å². The average molecular weight is 640 g/mol. The second-order valence-corrected chi connectivity index (χ2v) is 24.1. The van der Waals surface area contributed by atoms with Crippen LogP contribution in [0.25, 0.3) is 33.9 Å². The van der Waals surface area contributed by atoms with Crippen molar-refractivity contribution in [3.8, 4) is 33.9 Å². The smallest absolute Gasteiger partial charge is 0.0900 e. The van der Waals surface area contributed by atoms with Gasteiger partial charge in [-0.25, -0.2) is 15.0 Å². The molecule has 5 heteroatoms. The van der Waals surface area contributed by atoms with Crippen molar-refractivity contribution in [2.24, 2.45) is 0 Å². The fourth-order valence-corrected chi connectivity index (χ4v) is 15.0. The predicted octanol–water partition coefficient (Wildman–Crippen LogP) is 11.2. The normalized spacial score (nSPS) is 13.2. The van der Waals surface area contributed by atoms with Gasteiger partial charge in [-0.05, 0) is 116 Å². The molecule has 0 radical (unpaired) electrons. The van der Waals surface area contributed by atoms with Crippen LogP contribution in [0, 0.1) is 20.8 Å². The van der Waals surface area contributed by atoms with Crippen molar-refractivity contribution in [3.63, 3.8) is 0 Å². The Balaban J connectivity index is 1.99. The second-order valence-electron chi connectivity index (χ2n) is 16.5. The summed E-state index contributed by atoms with van der Waals surface area (Å²) >= 11 is 0. The van der Waals surface area contributed by atoms with E-state index in [-0.39, 0.29) is 20.6 Å². The molecule has 3 nitrogen and oxygen atoms in total. The minimum Gasteiger partial charge on any atom is -0.246 e. The maximum absolute atomic E-state index is 5.36. The molecule has 0 saturated carbocycles. The lowest BCUT2D eigenvalue weighted by Gasteiger charge is -2.41. The van der Waals surface area contributed by atoms with Gasteiger partial charge in [0.2, 0.25) is 0 Å². The number of rotatable bonds is 5. The summed E-state index contributed by atoms with van der Waals surface area (Å²) in [7, 11) is -1.09. The van der Waals surface area contributed by atoms with Crippen molar-refractivity contribution in [2.45, 2.75) is 124 Å². The highest BCUT2D eigenvalue weighted by Crippen LogP contribution is 2.58. The molecule has 0 unspecified atom stereocenters. The number of pyridine rings is 3. The van der Waals surface area contributed by atoms with Crippen LogP contribution < -0.4 is 10.9 Å². The topological polar surface area (TPSA) is 38.7 Å². The third-order valence-electron chi connectivity index (χ3n) is 7.93. The summed E-state index contributed by atoms with van der Waals surface area (Å²) < 4.78 is 0. The molecule has 4 rings (SSSR count). The van der Waals surface area contributed by atoms with Gasteiger partial charge in [0.05, 0.1) is 33.6 Å². The molecule has 0 aliphatic carbocycles. The highest BCUT2D eigenvalue weighted by Gasteiger charge is 2.38. The molecule has 0 aliphatic rings. The van der Waals surface area contributed by atoms with E-state index in [1.165, 1.54) is 33.1 Å².